The van der Waals surface area contributed by atoms with Crippen LogP contribution in [-0.2, 0) is 21.2 Å². The van der Waals surface area contributed by atoms with Crippen LogP contribution < -0.4 is 15.8 Å². The van der Waals surface area contributed by atoms with Gasteiger partial charge in [-0.1, -0.05) is 0 Å². The fraction of sp³-hybridized carbons (Fsp3) is 0.643. The first-order chi connectivity index (χ1) is 10.4. The van der Waals surface area contributed by atoms with Crippen LogP contribution in [0.2, 0.25) is 0 Å². The Morgan fingerprint density at radius 3 is 2.57 bits per heavy atom. The van der Waals surface area contributed by atoms with Crippen molar-refractivity contribution in [3.8, 4) is 0 Å². The van der Waals surface area contributed by atoms with Crippen LogP contribution in [0.25, 0.3) is 0 Å². The number of nitrogens with one attached hydrogen (secondary N) is 2. The molecular weight excluding hydrogens is 358 g/mol. The van der Waals surface area contributed by atoms with E-state index in [1.165, 1.54) is 18.3 Å². The Hall–Kier alpha value is -0.670. The second-order valence-electron chi connectivity index (χ2n) is 5.69. The number of halogens is 1. The minimum Gasteiger partial charge on any atom is -0.356 e. The van der Waals surface area contributed by atoms with Gasteiger partial charge in [-0.05, 0) is 44.2 Å². The molecule has 23 heavy (non-hydrogen) atoms. The van der Waals surface area contributed by atoms with Crippen LogP contribution >= 0.6 is 23.7 Å². The van der Waals surface area contributed by atoms with E-state index < -0.39 is 10.0 Å². The van der Waals surface area contributed by atoms with Gasteiger partial charge in [0.15, 0.2) is 0 Å². The van der Waals surface area contributed by atoms with Crippen LogP contribution in [0, 0.1) is 0 Å². The summed E-state index contributed by atoms with van der Waals surface area (Å²) in [6.45, 7) is 1.98. The SMILES string of the molecule is CC(=O)NCCc1ccc(S(=O)(=O)NC2CCC(N)CC2)s1.Cl. The summed E-state index contributed by atoms with van der Waals surface area (Å²) < 4.78 is 27.9. The lowest BCUT2D eigenvalue weighted by atomic mass is 9.93. The molecule has 1 aromatic rings. The molecule has 2 rings (SSSR count). The van der Waals surface area contributed by atoms with Crippen molar-refractivity contribution >= 4 is 39.7 Å². The highest BCUT2D eigenvalue weighted by molar-refractivity contribution is 7.91. The van der Waals surface area contributed by atoms with E-state index in [9.17, 15) is 13.2 Å². The van der Waals surface area contributed by atoms with Crippen molar-refractivity contribution in [1.82, 2.24) is 10.0 Å². The maximum atomic E-state index is 12.4. The molecule has 1 heterocycles. The monoisotopic (exact) mass is 381 g/mol. The average molecular weight is 382 g/mol. The summed E-state index contributed by atoms with van der Waals surface area (Å²) in [5.74, 6) is -0.0819. The zero-order valence-electron chi connectivity index (χ0n) is 13.1. The molecule has 1 fully saturated rings. The van der Waals surface area contributed by atoms with Crippen molar-refractivity contribution in [1.29, 1.82) is 0 Å². The predicted molar refractivity (Wildman–Crippen MR) is 94.5 cm³/mol. The summed E-state index contributed by atoms with van der Waals surface area (Å²) in [6.07, 6.45) is 3.94. The molecule has 0 saturated heterocycles. The number of hydrogen-bond donors (Lipinski definition) is 3. The lowest BCUT2D eigenvalue weighted by Gasteiger charge is -2.26. The molecule has 0 aromatic carbocycles. The molecule has 132 valence electrons. The van der Waals surface area contributed by atoms with Crippen LogP contribution in [0.15, 0.2) is 16.3 Å². The molecule has 0 unspecified atom stereocenters. The van der Waals surface area contributed by atoms with Gasteiger partial charge in [0.1, 0.15) is 4.21 Å². The summed E-state index contributed by atoms with van der Waals surface area (Å²) in [5, 5.41) is 2.70. The fourth-order valence-corrected chi connectivity index (χ4v) is 5.19. The van der Waals surface area contributed by atoms with Gasteiger partial charge < -0.3 is 11.1 Å². The number of nitrogens with two attached hydrogens (primary N) is 1. The Kier molecular flexibility index (Phi) is 7.96. The third-order valence-corrected chi connectivity index (χ3v) is 6.90. The number of thiophene rings is 1. The summed E-state index contributed by atoms with van der Waals surface area (Å²) >= 11 is 1.25. The molecule has 0 radical (unpaired) electrons. The first-order valence-corrected chi connectivity index (χ1v) is 9.78. The fourth-order valence-electron chi connectivity index (χ4n) is 2.51. The number of sulfonamides is 1. The second kappa shape index (κ2) is 8.98. The van der Waals surface area contributed by atoms with Crippen molar-refractivity contribution in [2.45, 2.75) is 55.3 Å². The third kappa shape index (κ3) is 6.39. The van der Waals surface area contributed by atoms with Gasteiger partial charge in [0.05, 0.1) is 0 Å². The molecule has 9 heteroatoms. The molecule has 0 bridgehead atoms. The predicted octanol–water partition coefficient (Wildman–Crippen LogP) is 1.40. The molecule has 4 N–H and O–H groups in total. The lowest BCUT2D eigenvalue weighted by molar-refractivity contribution is -0.118. The number of hydrogen-bond acceptors (Lipinski definition) is 5. The molecule has 0 aliphatic heterocycles. The molecule has 6 nitrogen and oxygen atoms in total. The number of carbonyl (C=O) groups excluding carboxylic acids is 1. The average Bonchev–Trinajstić information content (AvgIpc) is 2.90. The highest BCUT2D eigenvalue weighted by atomic mass is 35.5. The Labute approximate surface area is 147 Å². The van der Waals surface area contributed by atoms with Gasteiger partial charge in [-0.3, -0.25) is 4.79 Å². The van der Waals surface area contributed by atoms with Crippen molar-refractivity contribution in [2.24, 2.45) is 5.73 Å². The largest absolute Gasteiger partial charge is 0.356 e. The quantitative estimate of drug-likeness (QED) is 0.693. The topological polar surface area (TPSA) is 101 Å². The van der Waals surface area contributed by atoms with Crippen LogP contribution in [0.3, 0.4) is 0 Å². The van der Waals surface area contributed by atoms with Crippen LogP contribution in [-0.4, -0.2) is 33.0 Å². The zero-order chi connectivity index (χ0) is 16.2. The molecule has 0 atom stereocenters. The molecule has 0 spiro atoms. The Morgan fingerprint density at radius 2 is 1.96 bits per heavy atom. The number of amides is 1. The number of carbonyl (C=O) groups is 1. The minimum atomic E-state index is -3.46. The number of rotatable bonds is 6. The highest BCUT2D eigenvalue weighted by Gasteiger charge is 2.25. The van der Waals surface area contributed by atoms with Crippen LogP contribution in [0.4, 0.5) is 0 Å². The molecular formula is C14H24ClN3O3S2. The molecule has 1 saturated carbocycles. The molecule has 1 aliphatic carbocycles. The summed E-state index contributed by atoms with van der Waals surface area (Å²) in [5.41, 5.74) is 5.84. The smallest absolute Gasteiger partial charge is 0.250 e. The molecule has 1 amide bonds. The summed E-state index contributed by atoms with van der Waals surface area (Å²) in [4.78, 5) is 11.8. The van der Waals surface area contributed by atoms with Crippen molar-refractivity contribution in [3.63, 3.8) is 0 Å². The van der Waals surface area contributed by atoms with E-state index in [0.717, 1.165) is 30.6 Å². The van der Waals surface area contributed by atoms with Gasteiger partial charge in [-0.25, -0.2) is 13.1 Å². The normalized spacial score (nSPS) is 21.5. The van der Waals surface area contributed by atoms with Crippen LogP contribution in [0.5, 0.6) is 0 Å². The molecule has 1 aromatic heterocycles. The van der Waals surface area contributed by atoms with Crippen molar-refractivity contribution in [2.75, 3.05) is 6.54 Å². The maximum absolute atomic E-state index is 12.4. The van der Waals surface area contributed by atoms with Gasteiger partial charge in [0.25, 0.3) is 0 Å². The van der Waals surface area contributed by atoms with E-state index in [-0.39, 0.29) is 30.4 Å². The standard InChI is InChI=1S/C14H23N3O3S2.ClH/c1-10(18)16-9-8-13-6-7-14(21-13)22(19,20)17-12-4-2-11(15)3-5-12;/h6-7,11-12,17H,2-5,8-9,15H2,1H3,(H,16,18);1H. The second-order valence-corrected chi connectivity index (χ2v) is 8.80. The summed E-state index contributed by atoms with van der Waals surface area (Å²) in [7, 11) is -3.46. The molecule has 1 aliphatic rings. The van der Waals surface area contributed by atoms with E-state index in [4.69, 9.17) is 5.73 Å². The van der Waals surface area contributed by atoms with Gasteiger partial charge in [-0.15, -0.1) is 23.7 Å². The Balaban J connectivity index is 0.00000264. The minimum absolute atomic E-state index is 0. The van der Waals surface area contributed by atoms with Crippen molar-refractivity contribution in [3.05, 3.63) is 17.0 Å². The van der Waals surface area contributed by atoms with E-state index >= 15 is 0 Å². The maximum Gasteiger partial charge on any atom is 0.250 e. The summed E-state index contributed by atoms with van der Waals surface area (Å²) in [6, 6.07) is 3.61. The third-order valence-electron chi connectivity index (χ3n) is 3.74. The van der Waals surface area contributed by atoms with Crippen LogP contribution in [0.1, 0.15) is 37.5 Å². The highest BCUT2D eigenvalue weighted by Crippen LogP contribution is 2.24. The van der Waals surface area contributed by atoms with Gasteiger partial charge >= 0.3 is 0 Å². The van der Waals surface area contributed by atoms with E-state index in [2.05, 4.69) is 10.0 Å². The zero-order valence-corrected chi connectivity index (χ0v) is 15.5. The van der Waals surface area contributed by atoms with Gasteiger partial charge in [0.2, 0.25) is 15.9 Å². The van der Waals surface area contributed by atoms with Gasteiger partial charge in [-0.2, -0.15) is 0 Å². The van der Waals surface area contributed by atoms with E-state index in [0.29, 0.717) is 17.2 Å². The van der Waals surface area contributed by atoms with Gasteiger partial charge in [0, 0.05) is 30.4 Å². The van der Waals surface area contributed by atoms with E-state index in [1.54, 1.807) is 12.1 Å². The first kappa shape index (κ1) is 20.4. The van der Waals surface area contributed by atoms with Crippen molar-refractivity contribution < 1.29 is 13.2 Å². The van der Waals surface area contributed by atoms with E-state index in [1.807, 2.05) is 0 Å². The Bertz CT molecular complexity index is 611. The lowest BCUT2D eigenvalue weighted by Crippen LogP contribution is -2.40. The first-order valence-electron chi connectivity index (χ1n) is 7.48. The Morgan fingerprint density at radius 1 is 1.30 bits per heavy atom.